The summed E-state index contributed by atoms with van der Waals surface area (Å²) in [6.45, 7) is 1.99. The molecule has 0 unspecified atom stereocenters. The Morgan fingerprint density at radius 1 is 1.10 bits per heavy atom. The highest BCUT2D eigenvalue weighted by molar-refractivity contribution is 6.31. The Balaban J connectivity index is 2.09. The van der Waals surface area contributed by atoms with Gasteiger partial charge >= 0.3 is 0 Å². The second kappa shape index (κ2) is 5.02. The van der Waals surface area contributed by atoms with E-state index < -0.39 is 0 Å². The molecule has 0 atom stereocenters. The number of hydrogen-bond donors (Lipinski definition) is 2. The highest BCUT2D eigenvalue weighted by Crippen LogP contribution is 2.30. The van der Waals surface area contributed by atoms with Crippen molar-refractivity contribution in [2.45, 2.75) is 6.92 Å². The van der Waals surface area contributed by atoms with Crippen molar-refractivity contribution < 1.29 is 0 Å². The van der Waals surface area contributed by atoms with Crippen molar-refractivity contribution in [3.8, 4) is 0 Å². The van der Waals surface area contributed by atoms with Crippen LogP contribution in [0.25, 0.3) is 10.9 Å². The number of pyridine rings is 1. The number of nitrogens with two attached hydrogens (primary N) is 1. The van der Waals surface area contributed by atoms with Crippen molar-refractivity contribution in [1.29, 1.82) is 0 Å². The van der Waals surface area contributed by atoms with E-state index in [0.717, 1.165) is 32.9 Å². The molecule has 0 aliphatic heterocycles. The summed E-state index contributed by atoms with van der Waals surface area (Å²) in [5, 5.41) is 5.19. The van der Waals surface area contributed by atoms with Gasteiger partial charge in [-0.2, -0.15) is 0 Å². The lowest BCUT2D eigenvalue weighted by Crippen LogP contribution is -1.95. The van der Waals surface area contributed by atoms with Crippen LogP contribution in [0.15, 0.2) is 48.7 Å². The highest BCUT2D eigenvalue weighted by atomic mass is 35.5. The average molecular weight is 284 g/mol. The Hall–Kier alpha value is -2.26. The molecule has 0 saturated carbocycles. The van der Waals surface area contributed by atoms with E-state index in [2.05, 4.69) is 10.3 Å². The zero-order valence-corrected chi connectivity index (χ0v) is 11.8. The van der Waals surface area contributed by atoms with Gasteiger partial charge in [0.25, 0.3) is 0 Å². The normalized spacial score (nSPS) is 10.7. The molecule has 0 saturated heterocycles. The number of halogens is 1. The van der Waals surface area contributed by atoms with Crippen molar-refractivity contribution in [3.63, 3.8) is 0 Å². The summed E-state index contributed by atoms with van der Waals surface area (Å²) < 4.78 is 0. The predicted octanol–water partition coefficient (Wildman–Crippen LogP) is 4.52. The van der Waals surface area contributed by atoms with Crippen molar-refractivity contribution in [2.24, 2.45) is 0 Å². The Morgan fingerprint density at radius 2 is 1.95 bits per heavy atom. The molecule has 0 radical (unpaired) electrons. The van der Waals surface area contributed by atoms with Gasteiger partial charge in [0.2, 0.25) is 0 Å². The molecule has 1 aromatic heterocycles. The largest absolute Gasteiger partial charge is 0.399 e. The molecule has 4 heteroatoms. The molecule has 3 nitrogen and oxygen atoms in total. The first-order valence-electron chi connectivity index (χ1n) is 6.31. The van der Waals surface area contributed by atoms with E-state index in [1.54, 1.807) is 6.20 Å². The van der Waals surface area contributed by atoms with E-state index >= 15 is 0 Å². The van der Waals surface area contributed by atoms with Gasteiger partial charge in [-0.05, 0) is 48.9 Å². The Bertz CT molecular complexity index is 784. The van der Waals surface area contributed by atoms with Crippen LogP contribution in [0.2, 0.25) is 5.02 Å². The summed E-state index contributed by atoms with van der Waals surface area (Å²) in [7, 11) is 0. The maximum atomic E-state index is 6.15. The minimum atomic E-state index is 0.709. The number of nitrogens with zero attached hydrogens (tertiary/aromatic N) is 1. The zero-order chi connectivity index (χ0) is 14.1. The number of fused-ring (bicyclic) bond motifs is 1. The minimum Gasteiger partial charge on any atom is -0.399 e. The van der Waals surface area contributed by atoms with Crippen LogP contribution < -0.4 is 11.1 Å². The first kappa shape index (κ1) is 12.8. The molecule has 20 heavy (non-hydrogen) atoms. The second-order valence-corrected chi connectivity index (χ2v) is 5.08. The molecule has 0 aliphatic rings. The Morgan fingerprint density at radius 3 is 2.80 bits per heavy atom. The fourth-order valence-electron chi connectivity index (χ4n) is 2.16. The van der Waals surface area contributed by atoms with Crippen LogP contribution in [-0.2, 0) is 0 Å². The van der Waals surface area contributed by atoms with Crippen LogP contribution in [0, 0.1) is 6.92 Å². The number of nitrogens with one attached hydrogen (secondary N) is 1. The van der Waals surface area contributed by atoms with Crippen LogP contribution in [0.3, 0.4) is 0 Å². The summed E-state index contributed by atoms with van der Waals surface area (Å²) in [5.41, 5.74) is 10.4. The van der Waals surface area contributed by atoms with Gasteiger partial charge < -0.3 is 11.1 Å². The second-order valence-electron chi connectivity index (χ2n) is 4.67. The maximum Gasteiger partial charge on any atom is 0.0743 e. The van der Waals surface area contributed by atoms with Crippen LogP contribution in [-0.4, -0.2) is 4.98 Å². The smallest absolute Gasteiger partial charge is 0.0743 e. The first-order chi connectivity index (χ1) is 9.65. The van der Waals surface area contributed by atoms with E-state index in [4.69, 9.17) is 17.3 Å². The van der Waals surface area contributed by atoms with Crippen LogP contribution in [0.1, 0.15) is 5.56 Å². The molecule has 0 bridgehead atoms. The lowest BCUT2D eigenvalue weighted by atomic mass is 10.1. The van der Waals surface area contributed by atoms with Gasteiger partial charge in [-0.25, -0.2) is 0 Å². The third kappa shape index (κ3) is 2.28. The molecule has 0 fully saturated rings. The number of aromatic nitrogens is 1. The molecule has 3 rings (SSSR count). The van der Waals surface area contributed by atoms with Crippen molar-refractivity contribution in [3.05, 3.63) is 59.2 Å². The van der Waals surface area contributed by atoms with E-state index in [0.29, 0.717) is 5.69 Å². The number of anilines is 3. The fourth-order valence-corrected chi connectivity index (χ4v) is 2.34. The molecular weight excluding hydrogens is 270 g/mol. The standard InChI is InChI=1S/C16H14ClN3/c1-10-13(17)3-2-4-14(10)20-15-7-8-19-16-9-11(18)5-6-12(15)16/h2-9H,18H2,1H3,(H,19,20). The number of rotatable bonds is 2. The Kier molecular flexibility index (Phi) is 3.20. The molecule has 1 heterocycles. The third-order valence-corrected chi connectivity index (χ3v) is 3.71. The van der Waals surface area contributed by atoms with Gasteiger partial charge in [0.1, 0.15) is 0 Å². The molecule has 2 aromatic carbocycles. The van der Waals surface area contributed by atoms with Crippen molar-refractivity contribution in [1.82, 2.24) is 4.98 Å². The quantitative estimate of drug-likeness (QED) is 0.680. The van der Waals surface area contributed by atoms with Gasteiger partial charge in [-0.15, -0.1) is 0 Å². The molecule has 0 amide bonds. The van der Waals surface area contributed by atoms with Gasteiger partial charge in [-0.1, -0.05) is 17.7 Å². The molecule has 0 spiro atoms. The van der Waals surface area contributed by atoms with Crippen LogP contribution >= 0.6 is 11.6 Å². The lowest BCUT2D eigenvalue weighted by molar-refractivity contribution is 1.39. The highest BCUT2D eigenvalue weighted by Gasteiger charge is 2.06. The van der Waals surface area contributed by atoms with E-state index in [-0.39, 0.29) is 0 Å². The molecule has 3 aromatic rings. The van der Waals surface area contributed by atoms with E-state index in [1.165, 1.54) is 0 Å². The van der Waals surface area contributed by atoms with Gasteiger partial charge in [0.15, 0.2) is 0 Å². The van der Waals surface area contributed by atoms with E-state index in [1.807, 2.05) is 49.4 Å². The molecular formula is C16H14ClN3. The number of hydrogen-bond acceptors (Lipinski definition) is 3. The maximum absolute atomic E-state index is 6.15. The topological polar surface area (TPSA) is 50.9 Å². The third-order valence-electron chi connectivity index (χ3n) is 3.30. The molecule has 0 aliphatic carbocycles. The van der Waals surface area contributed by atoms with Crippen molar-refractivity contribution in [2.75, 3.05) is 11.1 Å². The fraction of sp³-hybridized carbons (Fsp3) is 0.0625. The number of benzene rings is 2. The minimum absolute atomic E-state index is 0.709. The number of nitrogen functional groups attached to an aromatic ring is 1. The SMILES string of the molecule is Cc1c(Cl)cccc1Nc1ccnc2cc(N)ccc12. The zero-order valence-electron chi connectivity index (χ0n) is 11.0. The monoisotopic (exact) mass is 283 g/mol. The molecule has 100 valence electrons. The summed E-state index contributed by atoms with van der Waals surface area (Å²) >= 11 is 6.15. The summed E-state index contributed by atoms with van der Waals surface area (Å²) in [6, 6.07) is 13.5. The average Bonchev–Trinajstić information content (AvgIpc) is 2.44. The van der Waals surface area contributed by atoms with Crippen molar-refractivity contribution >= 4 is 39.6 Å². The summed E-state index contributed by atoms with van der Waals surface area (Å²) in [5.74, 6) is 0. The Labute approximate surface area is 122 Å². The predicted molar refractivity (Wildman–Crippen MR) is 85.6 cm³/mol. The van der Waals surface area contributed by atoms with E-state index in [9.17, 15) is 0 Å². The lowest BCUT2D eigenvalue weighted by Gasteiger charge is -2.12. The van der Waals surface area contributed by atoms with Crippen LogP contribution in [0.5, 0.6) is 0 Å². The van der Waals surface area contributed by atoms with Gasteiger partial charge in [0.05, 0.1) is 5.52 Å². The summed E-state index contributed by atoms with van der Waals surface area (Å²) in [6.07, 6.45) is 1.77. The van der Waals surface area contributed by atoms with Gasteiger partial charge in [-0.3, -0.25) is 4.98 Å². The molecule has 3 N–H and O–H groups in total. The first-order valence-corrected chi connectivity index (χ1v) is 6.69. The van der Waals surface area contributed by atoms with Crippen LogP contribution in [0.4, 0.5) is 17.1 Å². The summed E-state index contributed by atoms with van der Waals surface area (Å²) in [4.78, 5) is 4.34. The van der Waals surface area contributed by atoms with Gasteiger partial charge in [0, 0.05) is 33.7 Å².